The van der Waals surface area contributed by atoms with Crippen molar-refractivity contribution < 1.29 is 14.7 Å². The van der Waals surface area contributed by atoms with E-state index in [0.29, 0.717) is 6.54 Å². The summed E-state index contributed by atoms with van der Waals surface area (Å²) in [5.74, 6) is -0.918. The molecule has 1 fully saturated rings. The van der Waals surface area contributed by atoms with Crippen LogP contribution in [0.25, 0.3) is 0 Å². The molecule has 0 aromatic carbocycles. The first-order valence-corrected chi connectivity index (χ1v) is 8.11. The molecule has 3 atom stereocenters. The summed E-state index contributed by atoms with van der Waals surface area (Å²) in [7, 11) is 1.74. The standard InChI is InChI=1S/C15H22N2O3S/c1-10-6-4-8-17(13(10)14(18)19)15(20)16(3)11(2)12-7-5-9-21-12/h5,7,9-11,13H,4,6,8H2,1-3H3,(H,18,19). The Morgan fingerprint density at radius 3 is 2.81 bits per heavy atom. The van der Waals surface area contributed by atoms with Gasteiger partial charge in [-0.25, -0.2) is 9.59 Å². The van der Waals surface area contributed by atoms with E-state index < -0.39 is 12.0 Å². The van der Waals surface area contributed by atoms with E-state index in [0.717, 1.165) is 17.7 Å². The number of urea groups is 1. The number of thiophene rings is 1. The van der Waals surface area contributed by atoms with Crippen LogP contribution < -0.4 is 0 Å². The van der Waals surface area contributed by atoms with Crippen LogP contribution >= 0.6 is 11.3 Å². The fraction of sp³-hybridized carbons (Fsp3) is 0.600. The van der Waals surface area contributed by atoms with Crippen LogP contribution in [0.2, 0.25) is 0 Å². The Hall–Kier alpha value is -1.56. The molecule has 0 radical (unpaired) electrons. The van der Waals surface area contributed by atoms with Crippen LogP contribution in [-0.4, -0.2) is 46.5 Å². The molecule has 2 rings (SSSR count). The summed E-state index contributed by atoms with van der Waals surface area (Å²) in [6.07, 6.45) is 1.71. The van der Waals surface area contributed by atoms with E-state index in [1.807, 2.05) is 31.4 Å². The van der Waals surface area contributed by atoms with Gasteiger partial charge in [0.2, 0.25) is 0 Å². The van der Waals surface area contributed by atoms with Gasteiger partial charge in [0, 0.05) is 18.5 Å². The maximum Gasteiger partial charge on any atom is 0.326 e. The zero-order chi connectivity index (χ0) is 15.6. The van der Waals surface area contributed by atoms with E-state index in [1.54, 1.807) is 23.3 Å². The van der Waals surface area contributed by atoms with Gasteiger partial charge in [0.05, 0.1) is 6.04 Å². The third kappa shape index (κ3) is 3.20. The van der Waals surface area contributed by atoms with Crippen LogP contribution in [-0.2, 0) is 4.79 Å². The Balaban J connectivity index is 2.15. The van der Waals surface area contributed by atoms with Gasteiger partial charge in [-0.15, -0.1) is 11.3 Å². The molecule has 1 aromatic heterocycles. The van der Waals surface area contributed by atoms with Gasteiger partial charge in [0.15, 0.2) is 0 Å². The number of hydrogen-bond donors (Lipinski definition) is 1. The summed E-state index contributed by atoms with van der Waals surface area (Å²) in [5.41, 5.74) is 0. The first-order valence-electron chi connectivity index (χ1n) is 7.23. The SMILES string of the molecule is CC1CCCN(C(=O)N(C)C(C)c2cccs2)C1C(=O)O. The van der Waals surface area contributed by atoms with Gasteiger partial charge in [-0.1, -0.05) is 13.0 Å². The van der Waals surface area contributed by atoms with Gasteiger partial charge in [-0.05, 0) is 37.1 Å². The molecule has 5 nitrogen and oxygen atoms in total. The van der Waals surface area contributed by atoms with Gasteiger partial charge >= 0.3 is 12.0 Å². The molecule has 2 amide bonds. The molecule has 0 bridgehead atoms. The number of aliphatic carboxylic acids is 1. The Kier molecular flexibility index (Phi) is 4.88. The molecule has 2 heterocycles. The highest BCUT2D eigenvalue weighted by atomic mass is 32.1. The zero-order valence-corrected chi connectivity index (χ0v) is 13.5. The van der Waals surface area contributed by atoms with Crippen molar-refractivity contribution in [3.63, 3.8) is 0 Å². The number of likely N-dealkylation sites (tertiary alicyclic amines) is 1. The molecule has 0 spiro atoms. The predicted octanol–water partition coefficient (Wildman–Crippen LogP) is 3.05. The largest absolute Gasteiger partial charge is 0.480 e. The fourth-order valence-electron chi connectivity index (χ4n) is 2.87. The van der Waals surface area contributed by atoms with Crippen molar-refractivity contribution in [1.29, 1.82) is 0 Å². The summed E-state index contributed by atoms with van der Waals surface area (Å²) in [6, 6.07) is 2.98. The average Bonchev–Trinajstić information content (AvgIpc) is 2.98. The molecule has 1 saturated heterocycles. The van der Waals surface area contributed by atoms with Crippen LogP contribution in [0.5, 0.6) is 0 Å². The van der Waals surface area contributed by atoms with Gasteiger partial charge < -0.3 is 14.9 Å². The van der Waals surface area contributed by atoms with Crippen LogP contribution in [0, 0.1) is 5.92 Å². The van der Waals surface area contributed by atoms with E-state index in [-0.39, 0.29) is 18.0 Å². The molecule has 1 aromatic rings. The molecular weight excluding hydrogens is 288 g/mol. The maximum absolute atomic E-state index is 12.7. The fourth-order valence-corrected chi connectivity index (χ4v) is 3.69. The first-order chi connectivity index (χ1) is 9.93. The van der Waals surface area contributed by atoms with E-state index in [4.69, 9.17) is 0 Å². The van der Waals surface area contributed by atoms with E-state index in [9.17, 15) is 14.7 Å². The quantitative estimate of drug-likeness (QED) is 0.933. The average molecular weight is 310 g/mol. The van der Waals surface area contributed by atoms with Crippen molar-refractivity contribution in [1.82, 2.24) is 9.80 Å². The Morgan fingerprint density at radius 1 is 1.52 bits per heavy atom. The highest BCUT2D eigenvalue weighted by molar-refractivity contribution is 7.10. The lowest BCUT2D eigenvalue weighted by atomic mass is 9.91. The third-order valence-corrected chi connectivity index (χ3v) is 5.31. The number of rotatable bonds is 3. The molecule has 1 N–H and O–H groups in total. The molecule has 3 unspecified atom stereocenters. The van der Waals surface area contributed by atoms with Crippen molar-refractivity contribution in [3.05, 3.63) is 22.4 Å². The molecule has 1 aliphatic heterocycles. The van der Waals surface area contributed by atoms with Crippen LogP contribution in [0.4, 0.5) is 4.79 Å². The second-order valence-electron chi connectivity index (χ2n) is 5.68. The molecule has 0 aliphatic carbocycles. The normalized spacial score (nSPS) is 23.7. The second kappa shape index (κ2) is 6.47. The highest BCUT2D eigenvalue weighted by Gasteiger charge is 2.39. The van der Waals surface area contributed by atoms with Crippen LogP contribution in [0.15, 0.2) is 17.5 Å². The lowest BCUT2D eigenvalue weighted by Crippen LogP contribution is -2.55. The van der Waals surface area contributed by atoms with Gasteiger partial charge in [-0.3, -0.25) is 0 Å². The van der Waals surface area contributed by atoms with E-state index >= 15 is 0 Å². The minimum atomic E-state index is -0.910. The summed E-state index contributed by atoms with van der Waals surface area (Å²) in [4.78, 5) is 28.4. The lowest BCUT2D eigenvalue weighted by Gasteiger charge is -2.40. The monoisotopic (exact) mass is 310 g/mol. The Morgan fingerprint density at radius 2 is 2.24 bits per heavy atom. The maximum atomic E-state index is 12.7. The van der Waals surface area contributed by atoms with E-state index in [2.05, 4.69) is 0 Å². The topological polar surface area (TPSA) is 60.9 Å². The van der Waals surface area contributed by atoms with Crippen LogP contribution in [0.1, 0.15) is 37.6 Å². The van der Waals surface area contributed by atoms with Gasteiger partial charge in [0.25, 0.3) is 0 Å². The molecule has 6 heteroatoms. The van der Waals surface area contributed by atoms with Crippen molar-refractivity contribution in [2.75, 3.05) is 13.6 Å². The van der Waals surface area contributed by atoms with Crippen molar-refractivity contribution >= 4 is 23.3 Å². The first kappa shape index (κ1) is 15.8. The number of carboxylic acids is 1. The number of nitrogens with zero attached hydrogens (tertiary/aromatic N) is 2. The van der Waals surface area contributed by atoms with Gasteiger partial charge in [0.1, 0.15) is 6.04 Å². The third-order valence-electron chi connectivity index (χ3n) is 4.27. The summed E-state index contributed by atoms with van der Waals surface area (Å²) >= 11 is 1.60. The highest BCUT2D eigenvalue weighted by Crippen LogP contribution is 2.28. The number of hydrogen-bond acceptors (Lipinski definition) is 3. The molecule has 21 heavy (non-hydrogen) atoms. The van der Waals surface area contributed by atoms with Crippen molar-refractivity contribution in [3.8, 4) is 0 Å². The number of carbonyl (C=O) groups excluding carboxylic acids is 1. The Labute approximate surface area is 129 Å². The second-order valence-corrected chi connectivity index (χ2v) is 6.66. The Bertz CT molecular complexity index is 503. The number of carboxylic acid groups (broad SMARTS) is 1. The molecule has 1 aliphatic rings. The minimum Gasteiger partial charge on any atom is -0.480 e. The minimum absolute atomic E-state index is 0.00866. The smallest absolute Gasteiger partial charge is 0.326 e. The number of piperidine rings is 1. The molecule has 0 saturated carbocycles. The summed E-state index contributed by atoms with van der Waals surface area (Å²) in [5, 5.41) is 11.4. The van der Waals surface area contributed by atoms with Crippen molar-refractivity contribution in [2.24, 2.45) is 5.92 Å². The van der Waals surface area contributed by atoms with Crippen molar-refractivity contribution in [2.45, 2.75) is 38.8 Å². The number of carbonyl (C=O) groups is 2. The predicted molar refractivity (Wildman–Crippen MR) is 82.4 cm³/mol. The molecular formula is C15H22N2O3S. The summed E-state index contributed by atoms with van der Waals surface area (Å²) < 4.78 is 0. The number of amides is 2. The van der Waals surface area contributed by atoms with Crippen LogP contribution in [0.3, 0.4) is 0 Å². The molecule has 116 valence electrons. The van der Waals surface area contributed by atoms with E-state index in [1.165, 1.54) is 4.90 Å². The van der Waals surface area contributed by atoms with Gasteiger partial charge in [-0.2, -0.15) is 0 Å². The summed E-state index contributed by atoms with van der Waals surface area (Å²) in [6.45, 7) is 4.38. The lowest BCUT2D eigenvalue weighted by molar-refractivity contribution is -0.145. The zero-order valence-electron chi connectivity index (χ0n) is 12.7.